The van der Waals surface area contributed by atoms with Gasteiger partial charge in [-0.2, -0.15) is 0 Å². The Labute approximate surface area is 170 Å². The predicted molar refractivity (Wildman–Crippen MR) is 108 cm³/mol. The molecule has 0 saturated carbocycles. The van der Waals surface area contributed by atoms with Crippen molar-refractivity contribution >= 4 is 28.8 Å². The SMILES string of the molecule is CCc1nnsc1C(=O)N1CCN(Cc2csc(-c3ccc(F)cc3)n2)CC1. The number of carbonyl (C=O) groups is 1. The lowest BCUT2D eigenvalue weighted by Gasteiger charge is -2.34. The molecule has 1 fully saturated rings. The lowest BCUT2D eigenvalue weighted by Crippen LogP contribution is -2.48. The number of thiazole rings is 1. The number of rotatable bonds is 5. The summed E-state index contributed by atoms with van der Waals surface area (Å²) >= 11 is 2.75. The Bertz CT molecular complexity index is 947. The molecule has 1 aliphatic rings. The monoisotopic (exact) mass is 417 g/mol. The highest BCUT2D eigenvalue weighted by Crippen LogP contribution is 2.25. The van der Waals surface area contributed by atoms with Crippen molar-refractivity contribution in [3.8, 4) is 10.6 Å². The molecule has 1 aliphatic heterocycles. The first kappa shape index (κ1) is 19.1. The molecule has 0 radical (unpaired) electrons. The van der Waals surface area contributed by atoms with Crippen LogP contribution in [-0.2, 0) is 13.0 Å². The van der Waals surface area contributed by atoms with Crippen LogP contribution in [0.3, 0.4) is 0 Å². The molecule has 1 amide bonds. The average Bonchev–Trinajstić information content (AvgIpc) is 3.38. The minimum absolute atomic E-state index is 0.0405. The van der Waals surface area contributed by atoms with E-state index in [0.29, 0.717) is 18.0 Å². The zero-order chi connectivity index (χ0) is 19.5. The van der Waals surface area contributed by atoms with Crippen molar-refractivity contribution in [2.45, 2.75) is 19.9 Å². The fraction of sp³-hybridized carbons (Fsp3) is 0.368. The number of aryl methyl sites for hydroxylation is 1. The van der Waals surface area contributed by atoms with Crippen LogP contribution in [0.4, 0.5) is 4.39 Å². The number of hydrogen-bond donors (Lipinski definition) is 0. The molecule has 0 atom stereocenters. The molecule has 0 N–H and O–H groups in total. The Hall–Kier alpha value is -2.23. The fourth-order valence-electron chi connectivity index (χ4n) is 3.19. The van der Waals surface area contributed by atoms with Gasteiger partial charge in [-0.05, 0) is 42.2 Å². The second-order valence-corrected chi connectivity index (χ2v) is 8.23. The zero-order valence-electron chi connectivity index (χ0n) is 15.5. The Morgan fingerprint density at radius 1 is 1.18 bits per heavy atom. The van der Waals surface area contributed by atoms with Crippen LogP contribution in [0.2, 0.25) is 0 Å². The topological polar surface area (TPSA) is 62.2 Å². The summed E-state index contributed by atoms with van der Waals surface area (Å²) < 4.78 is 17.0. The van der Waals surface area contributed by atoms with Gasteiger partial charge in [0.2, 0.25) is 0 Å². The zero-order valence-corrected chi connectivity index (χ0v) is 17.1. The van der Waals surface area contributed by atoms with Crippen LogP contribution < -0.4 is 0 Å². The second kappa shape index (κ2) is 8.42. The molecule has 4 rings (SSSR count). The molecule has 3 aromatic rings. The quantitative estimate of drug-likeness (QED) is 0.637. The molecule has 0 bridgehead atoms. The third-order valence-corrected chi connectivity index (χ3v) is 6.47. The van der Waals surface area contributed by atoms with Gasteiger partial charge < -0.3 is 4.90 Å². The summed E-state index contributed by atoms with van der Waals surface area (Å²) in [5.41, 5.74) is 2.72. The van der Waals surface area contributed by atoms with Gasteiger partial charge >= 0.3 is 0 Å². The van der Waals surface area contributed by atoms with Crippen molar-refractivity contribution in [1.82, 2.24) is 24.4 Å². The molecule has 9 heteroatoms. The summed E-state index contributed by atoms with van der Waals surface area (Å²) in [5, 5.41) is 6.98. The number of aromatic nitrogens is 3. The van der Waals surface area contributed by atoms with Crippen molar-refractivity contribution in [2.24, 2.45) is 0 Å². The van der Waals surface area contributed by atoms with E-state index in [9.17, 15) is 9.18 Å². The van der Waals surface area contributed by atoms with Gasteiger partial charge in [-0.1, -0.05) is 11.4 Å². The van der Waals surface area contributed by atoms with Gasteiger partial charge in [0.15, 0.2) is 0 Å². The van der Waals surface area contributed by atoms with Crippen molar-refractivity contribution in [3.63, 3.8) is 0 Å². The van der Waals surface area contributed by atoms with Gasteiger partial charge in [0.1, 0.15) is 15.7 Å². The molecular formula is C19H20FN5OS2. The smallest absolute Gasteiger partial charge is 0.267 e. The number of benzene rings is 1. The van der Waals surface area contributed by atoms with Gasteiger partial charge in [-0.15, -0.1) is 16.4 Å². The number of halogens is 1. The first-order valence-corrected chi connectivity index (χ1v) is 10.8. The first-order valence-electron chi connectivity index (χ1n) is 9.17. The van der Waals surface area contributed by atoms with Crippen molar-refractivity contribution < 1.29 is 9.18 Å². The van der Waals surface area contributed by atoms with E-state index in [1.165, 1.54) is 23.7 Å². The van der Waals surface area contributed by atoms with Crippen molar-refractivity contribution in [1.29, 1.82) is 0 Å². The summed E-state index contributed by atoms with van der Waals surface area (Å²) in [6, 6.07) is 6.41. The third-order valence-electron chi connectivity index (χ3n) is 4.77. The Morgan fingerprint density at radius 3 is 2.64 bits per heavy atom. The second-order valence-electron chi connectivity index (χ2n) is 6.62. The molecule has 28 heavy (non-hydrogen) atoms. The van der Waals surface area contributed by atoms with Crippen LogP contribution in [0.1, 0.15) is 28.0 Å². The highest BCUT2D eigenvalue weighted by atomic mass is 32.1. The van der Waals surface area contributed by atoms with E-state index in [1.54, 1.807) is 23.5 Å². The van der Waals surface area contributed by atoms with Gasteiger partial charge in [0, 0.05) is 43.7 Å². The predicted octanol–water partition coefficient (Wildman–Crippen LogP) is 3.32. The van der Waals surface area contributed by atoms with Crippen LogP contribution in [-0.4, -0.2) is 56.5 Å². The highest BCUT2D eigenvalue weighted by molar-refractivity contribution is 7.13. The van der Waals surface area contributed by atoms with E-state index in [4.69, 9.17) is 0 Å². The largest absolute Gasteiger partial charge is 0.335 e. The van der Waals surface area contributed by atoms with E-state index < -0.39 is 0 Å². The van der Waals surface area contributed by atoms with E-state index >= 15 is 0 Å². The highest BCUT2D eigenvalue weighted by Gasteiger charge is 2.25. The summed E-state index contributed by atoms with van der Waals surface area (Å²) in [7, 11) is 0. The van der Waals surface area contributed by atoms with Crippen molar-refractivity contribution in [2.75, 3.05) is 26.2 Å². The van der Waals surface area contributed by atoms with Crippen LogP contribution >= 0.6 is 22.9 Å². The number of hydrogen-bond acceptors (Lipinski definition) is 7. The molecule has 1 aromatic carbocycles. The molecule has 0 spiro atoms. The standard InChI is InChI=1S/C19H20FN5OS2/c1-2-16-17(28-23-22-16)19(26)25-9-7-24(8-10-25)11-15-12-27-18(21-15)13-3-5-14(20)6-4-13/h3-6,12H,2,7-11H2,1H3. The Kier molecular flexibility index (Phi) is 5.74. The normalized spacial score (nSPS) is 15.1. The summed E-state index contributed by atoms with van der Waals surface area (Å²) in [5.74, 6) is -0.202. The molecule has 2 aromatic heterocycles. The maximum atomic E-state index is 13.1. The first-order chi connectivity index (χ1) is 13.6. The lowest BCUT2D eigenvalue weighted by molar-refractivity contribution is 0.0631. The van der Waals surface area contributed by atoms with Gasteiger partial charge in [-0.25, -0.2) is 9.37 Å². The molecule has 146 valence electrons. The number of nitrogens with zero attached hydrogens (tertiary/aromatic N) is 5. The van der Waals surface area contributed by atoms with Crippen LogP contribution in [0.15, 0.2) is 29.6 Å². The summed E-state index contributed by atoms with van der Waals surface area (Å²) in [4.78, 5) is 22.2. The molecular weight excluding hydrogens is 397 g/mol. The van der Waals surface area contributed by atoms with Crippen LogP contribution in [0.5, 0.6) is 0 Å². The van der Waals surface area contributed by atoms with Gasteiger partial charge in [0.25, 0.3) is 5.91 Å². The maximum absolute atomic E-state index is 13.1. The molecule has 0 aliphatic carbocycles. The molecule has 6 nitrogen and oxygen atoms in total. The Balaban J connectivity index is 1.33. The van der Waals surface area contributed by atoms with Gasteiger partial charge in [-0.3, -0.25) is 9.69 Å². The number of amides is 1. The number of piperazine rings is 1. The average molecular weight is 418 g/mol. The van der Waals surface area contributed by atoms with Crippen LogP contribution in [0.25, 0.3) is 10.6 Å². The van der Waals surface area contributed by atoms with E-state index in [0.717, 1.165) is 48.0 Å². The van der Waals surface area contributed by atoms with E-state index in [-0.39, 0.29) is 11.7 Å². The lowest BCUT2D eigenvalue weighted by atomic mass is 10.2. The minimum Gasteiger partial charge on any atom is -0.335 e. The molecule has 1 saturated heterocycles. The van der Waals surface area contributed by atoms with Crippen molar-refractivity contribution in [3.05, 3.63) is 51.7 Å². The third kappa shape index (κ3) is 4.11. The fourth-order valence-corrected chi connectivity index (χ4v) is 4.72. The van der Waals surface area contributed by atoms with E-state index in [1.807, 2.05) is 17.2 Å². The summed E-state index contributed by atoms with van der Waals surface area (Å²) in [6.45, 7) is 5.73. The number of carbonyl (C=O) groups excluding carboxylic acids is 1. The van der Waals surface area contributed by atoms with Crippen LogP contribution in [0, 0.1) is 5.82 Å². The molecule has 0 unspecified atom stereocenters. The maximum Gasteiger partial charge on any atom is 0.267 e. The van der Waals surface area contributed by atoms with Gasteiger partial charge in [0.05, 0.1) is 11.4 Å². The summed E-state index contributed by atoms with van der Waals surface area (Å²) in [6.07, 6.45) is 0.720. The molecule has 3 heterocycles. The minimum atomic E-state index is -0.242. The Morgan fingerprint density at radius 2 is 1.93 bits per heavy atom. The van der Waals surface area contributed by atoms with E-state index in [2.05, 4.69) is 19.5 Å².